The lowest BCUT2D eigenvalue weighted by atomic mass is 9.78. The Bertz CT molecular complexity index is 755. The zero-order valence-electron chi connectivity index (χ0n) is 12.0. The fourth-order valence-electron chi connectivity index (χ4n) is 2.63. The average molecular weight is 377 g/mol. The molecule has 2 aromatic rings. The van der Waals surface area contributed by atoms with Crippen LogP contribution in [0.4, 0.5) is 0 Å². The van der Waals surface area contributed by atoms with Gasteiger partial charge in [-0.1, -0.05) is 46.9 Å². The smallest absolute Gasteiger partial charge is 0.341 e. The first-order valence-corrected chi connectivity index (χ1v) is 7.99. The minimum absolute atomic E-state index is 0.0405. The molecule has 8 heteroatoms. The number of hydrogen-bond acceptors (Lipinski definition) is 4. The third kappa shape index (κ3) is 2.62. The van der Waals surface area contributed by atoms with Gasteiger partial charge in [0.2, 0.25) is 0 Å². The molecule has 5 nitrogen and oxygen atoms in total. The van der Waals surface area contributed by atoms with Crippen molar-refractivity contribution < 1.29 is 19.2 Å². The minimum atomic E-state index is -1.15. The Morgan fingerprint density at radius 3 is 2.35 bits per heavy atom. The lowest BCUT2D eigenvalue weighted by molar-refractivity contribution is -0.0743. The number of nitrogens with zero attached hydrogens (tertiary/aromatic N) is 1. The summed E-state index contributed by atoms with van der Waals surface area (Å²) in [5.74, 6) is -0.867. The maximum atomic E-state index is 11.8. The molecule has 0 aliphatic carbocycles. The number of carboxylic acid groups (broad SMARTS) is 1. The largest absolute Gasteiger partial charge is 0.477 e. The molecule has 1 aliphatic heterocycles. The molecule has 1 saturated heterocycles. The second kappa shape index (κ2) is 5.98. The molecule has 3 rings (SSSR count). The van der Waals surface area contributed by atoms with Crippen LogP contribution in [0.15, 0.2) is 16.7 Å². The van der Waals surface area contributed by atoms with Gasteiger partial charge in [-0.2, -0.15) is 0 Å². The molecular weight excluding hydrogens is 365 g/mol. The van der Waals surface area contributed by atoms with Gasteiger partial charge in [-0.05, 0) is 18.6 Å². The van der Waals surface area contributed by atoms with Crippen molar-refractivity contribution in [2.75, 3.05) is 13.2 Å². The molecule has 1 aliphatic rings. The SMILES string of the molecule is CCC1(c2onc(-c3c(Cl)cc(Cl)cc3Cl)c2C(=O)O)COC1. The summed E-state index contributed by atoms with van der Waals surface area (Å²) >= 11 is 18.3. The number of hydrogen-bond donors (Lipinski definition) is 1. The summed E-state index contributed by atoms with van der Waals surface area (Å²) in [5, 5.41) is 14.4. The molecule has 0 atom stereocenters. The van der Waals surface area contributed by atoms with Crippen LogP contribution in [0.1, 0.15) is 29.5 Å². The van der Waals surface area contributed by atoms with Gasteiger partial charge in [0.15, 0.2) is 5.76 Å². The van der Waals surface area contributed by atoms with Gasteiger partial charge in [0, 0.05) is 10.6 Å². The van der Waals surface area contributed by atoms with Crippen molar-refractivity contribution in [2.45, 2.75) is 18.8 Å². The monoisotopic (exact) mass is 375 g/mol. The van der Waals surface area contributed by atoms with E-state index in [-0.39, 0.29) is 32.6 Å². The van der Waals surface area contributed by atoms with E-state index in [0.717, 1.165) is 0 Å². The van der Waals surface area contributed by atoms with Gasteiger partial charge in [-0.3, -0.25) is 0 Å². The summed E-state index contributed by atoms with van der Waals surface area (Å²) in [6.07, 6.45) is 0.671. The molecular formula is C15H12Cl3NO4. The van der Waals surface area contributed by atoms with E-state index in [0.29, 0.717) is 24.7 Å². The maximum absolute atomic E-state index is 11.8. The third-order valence-corrected chi connectivity index (χ3v) is 4.88. The highest BCUT2D eigenvalue weighted by molar-refractivity contribution is 6.42. The van der Waals surface area contributed by atoms with Gasteiger partial charge in [-0.25, -0.2) is 4.79 Å². The lowest BCUT2D eigenvalue weighted by Gasteiger charge is -2.38. The normalized spacial score (nSPS) is 16.2. The Balaban J connectivity index is 2.23. The number of carbonyl (C=O) groups is 1. The van der Waals surface area contributed by atoms with Gasteiger partial charge >= 0.3 is 5.97 Å². The van der Waals surface area contributed by atoms with Crippen LogP contribution in [-0.4, -0.2) is 29.4 Å². The number of aromatic carboxylic acids is 1. The third-order valence-electron chi connectivity index (χ3n) is 4.06. The van der Waals surface area contributed by atoms with E-state index in [1.165, 1.54) is 12.1 Å². The van der Waals surface area contributed by atoms with Crippen LogP contribution in [0.2, 0.25) is 15.1 Å². The van der Waals surface area contributed by atoms with E-state index in [1.54, 1.807) is 0 Å². The van der Waals surface area contributed by atoms with E-state index >= 15 is 0 Å². The second-order valence-corrected chi connectivity index (χ2v) is 6.66. The van der Waals surface area contributed by atoms with Crippen molar-refractivity contribution in [1.82, 2.24) is 5.16 Å². The van der Waals surface area contributed by atoms with Crippen molar-refractivity contribution in [3.63, 3.8) is 0 Å². The quantitative estimate of drug-likeness (QED) is 0.839. The number of carboxylic acids is 1. The molecule has 23 heavy (non-hydrogen) atoms. The van der Waals surface area contributed by atoms with E-state index in [2.05, 4.69) is 5.16 Å². The zero-order valence-corrected chi connectivity index (χ0v) is 14.3. The van der Waals surface area contributed by atoms with Crippen LogP contribution in [0.25, 0.3) is 11.3 Å². The average Bonchev–Trinajstić information content (AvgIpc) is 2.82. The minimum Gasteiger partial charge on any atom is -0.477 e. The second-order valence-electron chi connectivity index (χ2n) is 5.41. The van der Waals surface area contributed by atoms with Crippen molar-refractivity contribution in [3.05, 3.63) is 38.5 Å². The molecule has 1 aromatic carbocycles. The Labute approximate surface area is 147 Å². The molecule has 0 amide bonds. The van der Waals surface area contributed by atoms with E-state index in [4.69, 9.17) is 44.1 Å². The topological polar surface area (TPSA) is 72.6 Å². The van der Waals surface area contributed by atoms with Gasteiger partial charge in [-0.15, -0.1) is 0 Å². The fourth-order valence-corrected chi connectivity index (χ4v) is 3.63. The van der Waals surface area contributed by atoms with Crippen LogP contribution >= 0.6 is 34.8 Å². The van der Waals surface area contributed by atoms with Crippen molar-refractivity contribution in [3.8, 4) is 11.3 Å². The predicted octanol–water partition coefficient (Wildman–Crippen LogP) is 4.68. The maximum Gasteiger partial charge on any atom is 0.341 e. The van der Waals surface area contributed by atoms with Crippen LogP contribution in [0.5, 0.6) is 0 Å². The first-order valence-electron chi connectivity index (χ1n) is 6.85. The van der Waals surface area contributed by atoms with Crippen LogP contribution in [0.3, 0.4) is 0 Å². The van der Waals surface area contributed by atoms with Crippen LogP contribution in [-0.2, 0) is 10.2 Å². The molecule has 0 saturated carbocycles. The highest BCUT2D eigenvalue weighted by Crippen LogP contribution is 2.44. The van der Waals surface area contributed by atoms with Gasteiger partial charge < -0.3 is 14.4 Å². The molecule has 0 radical (unpaired) electrons. The Kier molecular flexibility index (Phi) is 4.31. The predicted molar refractivity (Wildman–Crippen MR) is 86.7 cm³/mol. The molecule has 0 spiro atoms. The summed E-state index contributed by atoms with van der Waals surface area (Å²) in [6.45, 7) is 2.72. The van der Waals surface area contributed by atoms with Gasteiger partial charge in [0.25, 0.3) is 0 Å². The Morgan fingerprint density at radius 1 is 1.30 bits per heavy atom. The van der Waals surface area contributed by atoms with E-state index < -0.39 is 11.4 Å². The molecule has 2 heterocycles. The molecule has 122 valence electrons. The Hall–Kier alpha value is -1.27. The first kappa shape index (κ1) is 16.6. The van der Waals surface area contributed by atoms with Crippen molar-refractivity contribution in [2.24, 2.45) is 0 Å². The summed E-state index contributed by atoms with van der Waals surface area (Å²) in [5.41, 5.74) is -0.138. The number of rotatable bonds is 4. The first-order chi connectivity index (χ1) is 10.9. The Morgan fingerprint density at radius 2 is 1.91 bits per heavy atom. The highest BCUT2D eigenvalue weighted by atomic mass is 35.5. The van der Waals surface area contributed by atoms with Crippen molar-refractivity contribution in [1.29, 1.82) is 0 Å². The lowest BCUT2D eigenvalue weighted by Crippen LogP contribution is -2.46. The molecule has 1 N–H and O–H groups in total. The number of benzene rings is 1. The summed E-state index contributed by atoms with van der Waals surface area (Å²) < 4.78 is 10.6. The van der Waals surface area contributed by atoms with Crippen LogP contribution in [0, 0.1) is 0 Å². The van der Waals surface area contributed by atoms with Crippen LogP contribution < -0.4 is 0 Å². The number of halogens is 3. The summed E-state index contributed by atoms with van der Waals surface area (Å²) in [7, 11) is 0. The summed E-state index contributed by atoms with van der Waals surface area (Å²) in [4.78, 5) is 11.8. The molecule has 0 bridgehead atoms. The molecule has 1 fully saturated rings. The molecule has 0 unspecified atom stereocenters. The van der Waals surface area contributed by atoms with Gasteiger partial charge in [0.05, 0.1) is 28.7 Å². The standard InChI is InChI=1S/C15H12Cl3NO4/c1-2-15(5-22-6-15)13-11(14(20)21)12(19-23-13)10-8(17)3-7(16)4-9(10)18/h3-4H,2,5-6H2,1H3,(H,20,21). The zero-order chi connectivity index (χ0) is 16.8. The van der Waals surface area contributed by atoms with Gasteiger partial charge in [0.1, 0.15) is 11.3 Å². The molecule has 1 aromatic heterocycles. The van der Waals surface area contributed by atoms with E-state index in [1.807, 2.05) is 6.92 Å². The summed E-state index contributed by atoms with van der Waals surface area (Å²) in [6, 6.07) is 2.96. The number of ether oxygens (including phenoxy) is 1. The highest BCUT2D eigenvalue weighted by Gasteiger charge is 2.46. The van der Waals surface area contributed by atoms with E-state index in [9.17, 15) is 9.90 Å². The fraction of sp³-hybridized carbons (Fsp3) is 0.333. The van der Waals surface area contributed by atoms with Crippen molar-refractivity contribution >= 4 is 40.8 Å². The number of aromatic nitrogens is 1.